The number of alkyl halides is 3. The minimum atomic E-state index is -4.52. The summed E-state index contributed by atoms with van der Waals surface area (Å²) >= 11 is 0. The Morgan fingerprint density at radius 3 is 2.42 bits per heavy atom. The van der Waals surface area contributed by atoms with Crippen molar-refractivity contribution >= 4 is 22.9 Å². The molecular weight excluding hydrogens is 419 g/mol. The zero-order valence-electron chi connectivity index (χ0n) is 16.0. The van der Waals surface area contributed by atoms with Gasteiger partial charge in [0.2, 0.25) is 0 Å². The summed E-state index contributed by atoms with van der Waals surface area (Å²) in [5.74, 6) is -3.13. The van der Waals surface area contributed by atoms with Crippen molar-refractivity contribution in [1.82, 2.24) is 14.9 Å². The second kappa shape index (κ2) is 8.09. The molecule has 1 atom stereocenters. The molecule has 0 saturated carbocycles. The molecule has 31 heavy (non-hydrogen) atoms. The number of aromatic hydroxyl groups is 1. The van der Waals surface area contributed by atoms with Crippen LogP contribution < -0.4 is 10.9 Å². The Labute approximate surface area is 172 Å². The highest BCUT2D eigenvalue weighted by Gasteiger charge is 2.30. The highest BCUT2D eigenvalue weighted by molar-refractivity contribution is 6.02. The summed E-state index contributed by atoms with van der Waals surface area (Å²) in [6.07, 6.45) is -3.18. The van der Waals surface area contributed by atoms with E-state index in [0.717, 1.165) is 16.7 Å². The van der Waals surface area contributed by atoms with Crippen LogP contribution in [0.5, 0.6) is 5.75 Å². The van der Waals surface area contributed by atoms with Crippen molar-refractivity contribution in [3.8, 4) is 5.75 Å². The van der Waals surface area contributed by atoms with E-state index in [-0.39, 0.29) is 17.6 Å². The number of carbonyl (C=O) groups is 2. The Kier molecular flexibility index (Phi) is 5.69. The summed E-state index contributed by atoms with van der Waals surface area (Å²) in [7, 11) is 0. The number of carbonyl (C=O) groups excluding carboxylic acids is 1. The van der Waals surface area contributed by atoms with Gasteiger partial charge in [-0.15, -0.1) is 0 Å². The molecule has 3 aromatic rings. The minimum Gasteiger partial charge on any atom is -0.506 e. The molecule has 162 valence electrons. The number of carboxylic acids is 1. The molecule has 0 fully saturated rings. The first-order chi connectivity index (χ1) is 14.5. The Bertz CT molecular complexity index is 1220. The Morgan fingerprint density at radius 1 is 1.19 bits per heavy atom. The van der Waals surface area contributed by atoms with Crippen LogP contribution in [0.4, 0.5) is 13.2 Å². The molecule has 3 rings (SSSR count). The summed E-state index contributed by atoms with van der Waals surface area (Å²) in [6.45, 7) is 0.945. The third-order valence-corrected chi connectivity index (χ3v) is 4.56. The average Bonchev–Trinajstić information content (AvgIpc) is 2.70. The van der Waals surface area contributed by atoms with Crippen LogP contribution in [-0.2, 0) is 17.5 Å². The fourth-order valence-electron chi connectivity index (χ4n) is 2.93. The normalized spacial score (nSPS) is 12.5. The largest absolute Gasteiger partial charge is 0.506 e. The quantitative estimate of drug-likeness (QED) is 0.566. The molecule has 2 heterocycles. The zero-order chi connectivity index (χ0) is 22.9. The number of nitrogens with one attached hydrogen (secondary N) is 1. The predicted octanol–water partition coefficient (Wildman–Crippen LogP) is 2.37. The lowest BCUT2D eigenvalue weighted by Crippen LogP contribution is -2.41. The van der Waals surface area contributed by atoms with Gasteiger partial charge in [-0.3, -0.25) is 19.0 Å². The number of aliphatic carboxylic acids is 1. The van der Waals surface area contributed by atoms with Gasteiger partial charge in [0.1, 0.15) is 23.0 Å². The van der Waals surface area contributed by atoms with Crippen molar-refractivity contribution in [2.24, 2.45) is 0 Å². The Balaban J connectivity index is 2.12. The highest BCUT2D eigenvalue weighted by atomic mass is 19.4. The lowest BCUT2D eigenvalue weighted by molar-refractivity contribution is -0.139. The molecule has 0 spiro atoms. The lowest BCUT2D eigenvalue weighted by atomic mass is 10.1. The second-order valence-electron chi connectivity index (χ2n) is 6.72. The van der Waals surface area contributed by atoms with Gasteiger partial charge in [-0.05, 0) is 36.8 Å². The Hall–Kier alpha value is -3.89. The van der Waals surface area contributed by atoms with E-state index in [1.807, 2.05) is 0 Å². The SMILES string of the molecule is C[C@H](NC(=O)c1c(O)c2cccnc2n(Cc2ccc(C(F)(F)F)cc2)c1=O)C(=O)O. The summed E-state index contributed by atoms with van der Waals surface area (Å²) in [5, 5.41) is 21.6. The molecule has 0 aliphatic heterocycles. The molecule has 0 unspecified atom stereocenters. The fraction of sp³-hybridized carbons (Fsp3) is 0.200. The van der Waals surface area contributed by atoms with Gasteiger partial charge in [-0.25, -0.2) is 4.98 Å². The summed E-state index contributed by atoms with van der Waals surface area (Å²) in [4.78, 5) is 40.6. The molecule has 1 amide bonds. The van der Waals surface area contributed by atoms with Crippen molar-refractivity contribution in [1.29, 1.82) is 0 Å². The first-order valence-electron chi connectivity index (χ1n) is 8.91. The third-order valence-electron chi connectivity index (χ3n) is 4.56. The van der Waals surface area contributed by atoms with E-state index < -0.39 is 46.5 Å². The van der Waals surface area contributed by atoms with Crippen LogP contribution >= 0.6 is 0 Å². The Morgan fingerprint density at radius 2 is 1.84 bits per heavy atom. The van der Waals surface area contributed by atoms with Gasteiger partial charge < -0.3 is 15.5 Å². The first-order valence-corrected chi connectivity index (χ1v) is 8.91. The molecular formula is C20H16F3N3O5. The molecule has 8 nitrogen and oxygen atoms in total. The number of rotatable bonds is 5. The van der Waals surface area contributed by atoms with E-state index in [4.69, 9.17) is 5.11 Å². The number of aromatic nitrogens is 2. The van der Waals surface area contributed by atoms with Crippen molar-refractivity contribution in [2.75, 3.05) is 0 Å². The van der Waals surface area contributed by atoms with Crippen LogP contribution in [0.3, 0.4) is 0 Å². The van der Waals surface area contributed by atoms with Gasteiger partial charge in [-0.2, -0.15) is 13.2 Å². The first kappa shape index (κ1) is 21.8. The molecule has 2 aromatic heterocycles. The molecule has 0 bridgehead atoms. The van der Waals surface area contributed by atoms with Gasteiger partial charge in [-0.1, -0.05) is 12.1 Å². The van der Waals surface area contributed by atoms with Crippen molar-refractivity contribution < 1.29 is 33.0 Å². The van der Waals surface area contributed by atoms with E-state index in [1.54, 1.807) is 0 Å². The maximum absolute atomic E-state index is 13.0. The van der Waals surface area contributed by atoms with Gasteiger partial charge in [0.25, 0.3) is 11.5 Å². The van der Waals surface area contributed by atoms with Crippen molar-refractivity contribution in [3.05, 3.63) is 69.6 Å². The minimum absolute atomic E-state index is 0.00716. The van der Waals surface area contributed by atoms with Crippen LogP contribution in [0.2, 0.25) is 0 Å². The number of hydrogen-bond acceptors (Lipinski definition) is 5. The van der Waals surface area contributed by atoms with Crippen LogP contribution in [0.15, 0.2) is 47.4 Å². The maximum Gasteiger partial charge on any atom is 0.416 e. The topological polar surface area (TPSA) is 122 Å². The molecule has 3 N–H and O–H groups in total. The van der Waals surface area contributed by atoms with E-state index in [2.05, 4.69) is 10.3 Å². The highest BCUT2D eigenvalue weighted by Crippen LogP contribution is 2.29. The maximum atomic E-state index is 13.0. The average molecular weight is 435 g/mol. The van der Waals surface area contributed by atoms with Crippen LogP contribution in [0, 0.1) is 0 Å². The summed E-state index contributed by atoms with van der Waals surface area (Å²) in [6, 6.07) is 5.61. The van der Waals surface area contributed by atoms with Crippen LogP contribution in [-0.4, -0.2) is 37.7 Å². The van der Waals surface area contributed by atoms with E-state index in [9.17, 15) is 32.7 Å². The lowest BCUT2D eigenvalue weighted by Gasteiger charge is -2.15. The van der Waals surface area contributed by atoms with Gasteiger partial charge in [0.05, 0.1) is 17.5 Å². The number of halogens is 3. The van der Waals surface area contributed by atoms with Crippen LogP contribution in [0.25, 0.3) is 11.0 Å². The monoisotopic (exact) mass is 435 g/mol. The smallest absolute Gasteiger partial charge is 0.416 e. The van der Waals surface area contributed by atoms with Crippen molar-refractivity contribution in [2.45, 2.75) is 25.7 Å². The molecule has 0 aliphatic carbocycles. The van der Waals surface area contributed by atoms with E-state index in [1.165, 1.54) is 37.4 Å². The standard InChI is InChI=1S/C20H16F3N3O5/c1-10(19(30)31)25-17(28)14-15(27)13-3-2-8-24-16(13)26(18(14)29)9-11-4-6-12(7-5-11)20(21,22)23/h2-8,10,27H,9H2,1H3,(H,25,28)(H,30,31)/t10-/m0/s1. The number of pyridine rings is 2. The molecule has 0 aliphatic rings. The van der Waals surface area contributed by atoms with E-state index >= 15 is 0 Å². The second-order valence-corrected chi connectivity index (χ2v) is 6.72. The molecule has 0 saturated heterocycles. The van der Waals surface area contributed by atoms with Gasteiger partial charge >= 0.3 is 12.1 Å². The number of hydrogen-bond donors (Lipinski definition) is 3. The van der Waals surface area contributed by atoms with Crippen LogP contribution in [0.1, 0.15) is 28.4 Å². The molecule has 0 radical (unpaired) electrons. The number of amides is 1. The molecule has 11 heteroatoms. The molecule has 1 aromatic carbocycles. The third kappa shape index (κ3) is 4.34. The fourth-order valence-corrected chi connectivity index (χ4v) is 2.93. The van der Waals surface area contributed by atoms with Crippen molar-refractivity contribution in [3.63, 3.8) is 0 Å². The zero-order valence-corrected chi connectivity index (χ0v) is 16.0. The van der Waals surface area contributed by atoms with Gasteiger partial charge in [0.15, 0.2) is 0 Å². The number of fused-ring (bicyclic) bond motifs is 1. The predicted molar refractivity (Wildman–Crippen MR) is 103 cm³/mol. The van der Waals surface area contributed by atoms with Gasteiger partial charge in [0, 0.05) is 6.20 Å². The summed E-state index contributed by atoms with van der Waals surface area (Å²) in [5.41, 5.74) is -2.20. The number of carboxylic acid groups (broad SMARTS) is 1. The van der Waals surface area contributed by atoms with E-state index in [0.29, 0.717) is 5.56 Å². The number of nitrogens with zero attached hydrogens (tertiary/aromatic N) is 2. The summed E-state index contributed by atoms with van der Waals surface area (Å²) < 4.78 is 39.4. The number of benzene rings is 1.